The second-order valence-electron chi connectivity index (χ2n) is 8.24. The highest BCUT2D eigenvalue weighted by atomic mass is 19.1. The molecule has 2 aromatic carbocycles. The zero-order chi connectivity index (χ0) is 24.8. The van der Waals surface area contributed by atoms with Crippen molar-refractivity contribution >= 4 is 11.8 Å². The average Bonchev–Trinajstić information content (AvgIpc) is 2.84. The van der Waals surface area contributed by atoms with Gasteiger partial charge in [0, 0.05) is 12.2 Å². The standard InChI is InChI=1S/C28H37FO5/c1-4-7-19-33-24-15-11-22(12-16-24)27(30)25(28(31)32-6-3)17-18-26(34-20-8-5-2)21-9-13-23(29)14-10-21/h9-16,25-26H,4-8,17-20H2,1-3H3/t25?,26-/m0/s1. The number of carbonyl (C=O) groups is 2. The number of benzene rings is 2. The van der Waals surface area contributed by atoms with E-state index in [-0.39, 0.29) is 30.7 Å². The monoisotopic (exact) mass is 472 g/mol. The van der Waals surface area contributed by atoms with E-state index in [1.807, 2.05) is 0 Å². The number of ketones is 1. The van der Waals surface area contributed by atoms with E-state index < -0.39 is 11.9 Å². The summed E-state index contributed by atoms with van der Waals surface area (Å²) >= 11 is 0. The maximum atomic E-state index is 13.4. The largest absolute Gasteiger partial charge is 0.494 e. The van der Waals surface area contributed by atoms with Crippen molar-refractivity contribution in [3.8, 4) is 5.75 Å². The predicted octanol–water partition coefficient (Wildman–Crippen LogP) is 6.70. The Morgan fingerprint density at radius 1 is 0.853 bits per heavy atom. The van der Waals surface area contributed by atoms with Crippen LogP contribution in [0.25, 0.3) is 0 Å². The number of rotatable bonds is 16. The summed E-state index contributed by atoms with van der Waals surface area (Å²) in [6.07, 6.45) is 4.23. The lowest BCUT2D eigenvalue weighted by atomic mass is 9.90. The first kappa shape index (κ1) is 27.5. The van der Waals surface area contributed by atoms with Crippen LogP contribution >= 0.6 is 0 Å². The van der Waals surface area contributed by atoms with Crippen LogP contribution in [0.3, 0.4) is 0 Å². The molecule has 0 aromatic heterocycles. The van der Waals surface area contributed by atoms with E-state index in [0.717, 1.165) is 31.2 Å². The van der Waals surface area contributed by atoms with Gasteiger partial charge in [-0.2, -0.15) is 0 Å². The van der Waals surface area contributed by atoms with Crippen molar-refractivity contribution in [1.29, 1.82) is 0 Å². The maximum absolute atomic E-state index is 13.4. The molecule has 5 nitrogen and oxygen atoms in total. The minimum absolute atomic E-state index is 0.196. The Hall–Kier alpha value is -2.73. The molecule has 6 heteroatoms. The van der Waals surface area contributed by atoms with Crippen LogP contribution in [0.2, 0.25) is 0 Å². The zero-order valence-electron chi connectivity index (χ0n) is 20.6. The first-order valence-electron chi connectivity index (χ1n) is 12.3. The Balaban J connectivity index is 2.14. The van der Waals surface area contributed by atoms with Gasteiger partial charge in [-0.05, 0) is 74.6 Å². The Kier molecular flexibility index (Phi) is 12.3. The van der Waals surface area contributed by atoms with Crippen LogP contribution in [0.15, 0.2) is 48.5 Å². The topological polar surface area (TPSA) is 61.8 Å². The fourth-order valence-corrected chi connectivity index (χ4v) is 3.56. The van der Waals surface area contributed by atoms with Crippen molar-refractivity contribution in [3.63, 3.8) is 0 Å². The highest BCUT2D eigenvalue weighted by molar-refractivity contribution is 6.08. The molecule has 0 heterocycles. The molecule has 0 saturated heterocycles. The molecule has 1 unspecified atom stereocenters. The van der Waals surface area contributed by atoms with Crippen molar-refractivity contribution < 1.29 is 28.2 Å². The van der Waals surface area contributed by atoms with Crippen LogP contribution in [0.1, 0.15) is 81.3 Å². The van der Waals surface area contributed by atoms with Gasteiger partial charge in [-0.25, -0.2) is 4.39 Å². The molecule has 0 aliphatic carbocycles. The van der Waals surface area contributed by atoms with E-state index in [1.165, 1.54) is 12.1 Å². The molecular formula is C28H37FO5. The van der Waals surface area contributed by atoms with Gasteiger partial charge in [-0.1, -0.05) is 38.8 Å². The summed E-state index contributed by atoms with van der Waals surface area (Å²) in [4.78, 5) is 26.0. The van der Waals surface area contributed by atoms with Crippen LogP contribution in [0.4, 0.5) is 4.39 Å². The minimum Gasteiger partial charge on any atom is -0.494 e. The number of Topliss-reactive ketones (excluding diaryl/α,β-unsaturated/α-hetero) is 1. The number of unbranched alkanes of at least 4 members (excludes halogenated alkanes) is 2. The second kappa shape index (κ2) is 15.2. The first-order valence-corrected chi connectivity index (χ1v) is 12.3. The molecule has 0 N–H and O–H groups in total. The molecule has 0 bridgehead atoms. The van der Waals surface area contributed by atoms with Gasteiger partial charge in [0.25, 0.3) is 0 Å². The van der Waals surface area contributed by atoms with Crippen molar-refractivity contribution in [2.24, 2.45) is 5.92 Å². The summed E-state index contributed by atoms with van der Waals surface area (Å²) in [6, 6.07) is 13.0. The minimum atomic E-state index is -0.940. The SMILES string of the molecule is CCCCOc1ccc(C(=O)C(CC[C@H](OCCCC)c2ccc(F)cc2)C(=O)OCC)cc1. The summed E-state index contributed by atoms with van der Waals surface area (Å²) in [5.74, 6) is -1.40. The van der Waals surface area contributed by atoms with Crippen LogP contribution in [-0.4, -0.2) is 31.6 Å². The van der Waals surface area contributed by atoms with Crippen molar-refractivity contribution in [3.05, 3.63) is 65.5 Å². The number of halogens is 1. The number of esters is 1. The fraction of sp³-hybridized carbons (Fsp3) is 0.500. The third-order valence-electron chi connectivity index (χ3n) is 5.57. The molecule has 2 rings (SSSR count). The molecule has 0 aliphatic heterocycles. The maximum Gasteiger partial charge on any atom is 0.316 e. The van der Waals surface area contributed by atoms with Gasteiger partial charge in [-0.15, -0.1) is 0 Å². The van der Waals surface area contributed by atoms with Crippen LogP contribution in [0.5, 0.6) is 5.75 Å². The van der Waals surface area contributed by atoms with Gasteiger partial charge < -0.3 is 14.2 Å². The van der Waals surface area contributed by atoms with Crippen LogP contribution < -0.4 is 4.74 Å². The molecule has 0 aliphatic rings. The third kappa shape index (κ3) is 8.90. The summed E-state index contributed by atoms with van der Waals surface area (Å²) in [6.45, 7) is 7.26. The van der Waals surface area contributed by atoms with Gasteiger partial charge >= 0.3 is 5.97 Å². The second-order valence-corrected chi connectivity index (χ2v) is 8.24. The third-order valence-corrected chi connectivity index (χ3v) is 5.57. The highest BCUT2D eigenvalue weighted by Gasteiger charge is 2.30. The van der Waals surface area contributed by atoms with Crippen LogP contribution in [0, 0.1) is 11.7 Å². The lowest BCUT2D eigenvalue weighted by molar-refractivity contribution is -0.146. The lowest BCUT2D eigenvalue weighted by Gasteiger charge is -2.21. The summed E-state index contributed by atoms with van der Waals surface area (Å²) in [7, 11) is 0. The van der Waals surface area contributed by atoms with E-state index in [2.05, 4.69) is 13.8 Å². The number of ether oxygens (including phenoxy) is 3. The first-order chi connectivity index (χ1) is 16.5. The van der Waals surface area contributed by atoms with Crippen molar-refractivity contribution in [2.45, 2.75) is 65.4 Å². The molecule has 0 spiro atoms. The van der Waals surface area contributed by atoms with Gasteiger partial charge in [0.1, 0.15) is 17.5 Å². The van der Waals surface area contributed by atoms with Gasteiger partial charge in [0.05, 0.1) is 19.3 Å². The van der Waals surface area contributed by atoms with Crippen molar-refractivity contribution in [2.75, 3.05) is 19.8 Å². The van der Waals surface area contributed by atoms with Crippen LogP contribution in [-0.2, 0) is 14.3 Å². The van der Waals surface area contributed by atoms with Crippen molar-refractivity contribution in [1.82, 2.24) is 0 Å². The summed E-state index contributed by atoms with van der Waals surface area (Å²) < 4.78 is 30.3. The smallest absolute Gasteiger partial charge is 0.316 e. The van der Waals surface area contributed by atoms with Gasteiger partial charge in [0.15, 0.2) is 5.78 Å². The molecule has 0 amide bonds. The van der Waals surface area contributed by atoms with E-state index in [1.54, 1.807) is 43.3 Å². The summed E-state index contributed by atoms with van der Waals surface area (Å²) in [5, 5.41) is 0. The molecular weight excluding hydrogens is 435 g/mol. The molecule has 2 atom stereocenters. The van der Waals surface area contributed by atoms with Gasteiger partial charge in [0.2, 0.25) is 0 Å². The fourth-order valence-electron chi connectivity index (χ4n) is 3.56. The number of hydrogen-bond donors (Lipinski definition) is 0. The Bertz CT molecular complexity index is 863. The molecule has 34 heavy (non-hydrogen) atoms. The Labute approximate surface area is 202 Å². The summed E-state index contributed by atoms with van der Waals surface area (Å²) in [5.41, 5.74) is 1.26. The van der Waals surface area contributed by atoms with E-state index in [4.69, 9.17) is 14.2 Å². The number of carbonyl (C=O) groups excluding carboxylic acids is 2. The Morgan fingerprint density at radius 2 is 1.50 bits per heavy atom. The molecule has 186 valence electrons. The van der Waals surface area contributed by atoms with E-state index in [0.29, 0.717) is 30.9 Å². The molecule has 0 fully saturated rings. The van der Waals surface area contributed by atoms with E-state index >= 15 is 0 Å². The average molecular weight is 473 g/mol. The number of hydrogen-bond acceptors (Lipinski definition) is 5. The quantitative estimate of drug-likeness (QED) is 0.118. The van der Waals surface area contributed by atoms with E-state index in [9.17, 15) is 14.0 Å². The van der Waals surface area contributed by atoms with Gasteiger partial charge in [-0.3, -0.25) is 9.59 Å². The normalized spacial score (nSPS) is 12.7. The molecule has 0 radical (unpaired) electrons. The highest BCUT2D eigenvalue weighted by Crippen LogP contribution is 2.28. The molecule has 2 aromatic rings. The zero-order valence-corrected chi connectivity index (χ0v) is 20.6. The Morgan fingerprint density at radius 3 is 2.12 bits per heavy atom. The molecule has 0 saturated carbocycles. The predicted molar refractivity (Wildman–Crippen MR) is 131 cm³/mol. The lowest BCUT2D eigenvalue weighted by Crippen LogP contribution is -2.27.